The molecule has 0 amide bonds. The van der Waals surface area contributed by atoms with E-state index in [1.165, 1.54) is 25.6 Å². The summed E-state index contributed by atoms with van der Waals surface area (Å²) in [5, 5.41) is 10.9. The van der Waals surface area contributed by atoms with Crippen LogP contribution in [-0.2, 0) is 20.5 Å². The van der Waals surface area contributed by atoms with Crippen molar-refractivity contribution in [1.29, 1.82) is 0 Å². The molecule has 152 valence electrons. The Morgan fingerprint density at radius 1 is 1.00 bits per heavy atom. The summed E-state index contributed by atoms with van der Waals surface area (Å²) >= 11 is 0. The Labute approximate surface area is 165 Å². The Bertz CT molecular complexity index is 931. The molecule has 8 heteroatoms. The number of benzene rings is 2. The van der Waals surface area contributed by atoms with Crippen LogP contribution in [0.2, 0.25) is 0 Å². The largest absolute Gasteiger partial charge is 0.493 e. The van der Waals surface area contributed by atoms with E-state index in [1.54, 1.807) is 43.3 Å². The first-order valence-corrected chi connectivity index (χ1v) is 10.5. The van der Waals surface area contributed by atoms with E-state index < -0.39 is 28.4 Å². The lowest BCUT2D eigenvalue weighted by molar-refractivity contribution is -0.0959. The molecule has 0 spiro atoms. The second kappa shape index (κ2) is 8.08. The minimum Gasteiger partial charge on any atom is -0.493 e. The Hall–Kier alpha value is -2.13. The van der Waals surface area contributed by atoms with Gasteiger partial charge in [0.25, 0.3) is 0 Å². The zero-order valence-corrected chi connectivity index (χ0v) is 17.1. The summed E-state index contributed by atoms with van der Waals surface area (Å²) < 4.78 is 43.8. The highest BCUT2D eigenvalue weighted by atomic mass is 32.2. The zero-order chi connectivity index (χ0) is 20.5. The number of rotatable bonds is 6. The molecule has 0 saturated carbocycles. The Morgan fingerprint density at radius 2 is 1.57 bits per heavy atom. The molecule has 3 atom stereocenters. The van der Waals surface area contributed by atoms with Gasteiger partial charge in [-0.15, -0.1) is 0 Å². The number of aliphatic hydroxyl groups excluding tert-OH is 1. The number of hydrogen-bond donors (Lipinski definition) is 1. The summed E-state index contributed by atoms with van der Waals surface area (Å²) in [6.07, 6.45) is -2.21. The summed E-state index contributed by atoms with van der Waals surface area (Å²) in [6.45, 7) is 1.77. The molecule has 2 aromatic rings. The normalized spacial score (nSPS) is 22.5. The summed E-state index contributed by atoms with van der Waals surface area (Å²) in [5.41, 5.74) is 1.87. The van der Waals surface area contributed by atoms with Crippen LogP contribution >= 0.6 is 0 Å². The van der Waals surface area contributed by atoms with E-state index in [9.17, 15) is 13.5 Å². The van der Waals surface area contributed by atoms with Crippen LogP contribution in [0.4, 0.5) is 0 Å². The fraction of sp³-hybridized carbons (Fsp3) is 0.400. The number of sulfonamides is 1. The van der Waals surface area contributed by atoms with Crippen LogP contribution in [0.5, 0.6) is 11.5 Å². The van der Waals surface area contributed by atoms with E-state index in [-0.39, 0.29) is 5.75 Å². The predicted octanol–water partition coefficient (Wildman–Crippen LogP) is 2.62. The number of aliphatic hydroxyl groups is 1. The lowest BCUT2D eigenvalue weighted by Crippen LogP contribution is -2.50. The van der Waals surface area contributed by atoms with Gasteiger partial charge in [-0.2, -0.15) is 4.31 Å². The first kappa shape index (κ1) is 20.6. The smallest absolute Gasteiger partial charge is 0.221 e. The molecule has 0 aliphatic carbocycles. The van der Waals surface area contributed by atoms with Gasteiger partial charge in [-0.05, 0) is 35.7 Å². The summed E-state index contributed by atoms with van der Waals surface area (Å²) in [4.78, 5) is 0. The molecule has 1 aliphatic heterocycles. The van der Waals surface area contributed by atoms with Crippen molar-refractivity contribution in [2.45, 2.75) is 31.1 Å². The zero-order valence-electron chi connectivity index (χ0n) is 16.3. The van der Waals surface area contributed by atoms with Crippen molar-refractivity contribution in [1.82, 2.24) is 4.31 Å². The van der Waals surface area contributed by atoms with Gasteiger partial charge in [-0.1, -0.05) is 30.3 Å². The fourth-order valence-electron chi connectivity index (χ4n) is 3.67. The van der Waals surface area contributed by atoms with Gasteiger partial charge in [0.1, 0.15) is 6.10 Å². The van der Waals surface area contributed by atoms with E-state index in [1.807, 2.05) is 6.07 Å². The van der Waals surface area contributed by atoms with Crippen molar-refractivity contribution in [2.24, 2.45) is 0 Å². The van der Waals surface area contributed by atoms with Crippen LogP contribution in [0.1, 0.15) is 35.8 Å². The standard InChI is InChI=1S/C20H25NO6S/c1-13-15-10-17(25-2)18(26-3)11-16(15)19(22)20(27-4)21(13)28(23,24)12-14-8-6-5-7-9-14/h5-11,13,19-20,22H,12H2,1-4H3/t13-,19-,20+/m1/s1. The van der Waals surface area contributed by atoms with Gasteiger partial charge in [-0.3, -0.25) is 0 Å². The maximum Gasteiger partial charge on any atom is 0.221 e. The Morgan fingerprint density at radius 3 is 2.11 bits per heavy atom. The third-order valence-corrected chi connectivity index (χ3v) is 6.88. The molecule has 1 aliphatic rings. The number of ether oxygens (including phenoxy) is 3. The minimum atomic E-state index is -3.78. The van der Waals surface area contributed by atoms with Crippen molar-refractivity contribution in [3.05, 3.63) is 59.2 Å². The van der Waals surface area contributed by atoms with Crippen LogP contribution in [0, 0.1) is 0 Å². The van der Waals surface area contributed by atoms with Crippen LogP contribution in [0.3, 0.4) is 0 Å². The van der Waals surface area contributed by atoms with E-state index in [0.717, 1.165) is 0 Å². The highest BCUT2D eigenvalue weighted by Gasteiger charge is 2.45. The molecule has 0 unspecified atom stereocenters. The van der Waals surface area contributed by atoms with Gasteiger partial charge in [0.2, 0.25) is 10.0 Å². The molecular weight excluding hydrogens is 382 g/mol. The van der Waals surface area contributed by atoms with Gasteiger partial charge >= 0.3 is 0 Å². The number of methoxy groups -OCH3 is 3. The molecule has 0 saturated heterocycles. The lowest BCUT2D eigenvalue weighted by Gasteiger charge is -2.42. The van der Waals surface area contributed by atoms with E-state index in [4.69, 9.17) is 14.2 Å². The van der Waals surface area contributed by atoms with E-state index in [2.05, 4.69) is 0 Å². The van der Waals surface area contributed by atoms with Crippen LogP contribution in [0.25, 0.3) is 0 Å². The van der Waals surface area contributed by atoms with Gasteiger partial charge in [0.05, 0.1) is 26.0 Å². The second-order valence-corrected chi connectivity index (χ2v) is 8.53. The third kappa shape index (κ3) is 3.60. The van der Waals surface area contributed by atoms with Crippen molar-refractivity contribution < 1.29 is 27.7 Å². The van der Waals surface area contributed by atoms with Crippen LogP contribution in [-0.4, -0.2) is 45.4 Å². The topological polar surface area (TPSA) is 85.3 Å². The van der Waals surface area contributed by atoms with Gasteiger partial charge in [-0.25, -0.2) is 8.42 Å². The second-order valence-electron chi connectivity index (χ2n) is 6.65. The molecule has 7 nitrogen and oxygen atoms in total. The summed E-state index contributed by atoms with van der Waals surface area (Å²) in [5.74, 6) is 0.743. The summed E-state index contributed by atoms with van der Waals surface area (Å²) in [6, 6.07) is 11.7. The highest BCUT2D eigenvalue weighted by Crippen LogP contribution is 2.45. The van der Waals surface area contributed by atoms with Gasteiger partial charge in [0, 0.05) is 7.11 Å². The SMILES string of the molecule is COc1cc2c(cc1OC)[C@@H](C)N(S(=O)(=O)Cc1ccccc1)[C@@H](OC)[C@@H]2O. The Balaban J connectivity index is 2.08. The highest BCUT2D eigenvalue weighted by molar-refractivity contribution is 7.88. The average Bonchev–Trinajstić information content (AvgIpc) is 2.69. The monoisotopic (exact) mass is 407 g/mol. The molecule has 1 heterocycles. The lowest BCUT2D eigenvalue weighted by atomic mass is 9.91. The molecule has 3 rings (SSSR count). The third-order valence-electron chi connectivity index (χ3n) is 5.02. The molecule has 1 N–H and O–H groups in total. The quantitative estimate of drug-likeness (QED) is 0.792. The fourth-order valence-corrected chi connectivity index (χ4v) is 5.55. The molecule has 2 aromatic carbocycles. The Kier molecular flexibility index (Phi) is 5.95. The van der Waals surface area contributed by atoms with Crippen LogP contribution in [0.15, 0.2) is 42.5 Å². The molecule has 0 radical (unpaired) electrons. The van der Waals surface area contributed by atoms with Crippen LogP contribution < -0.4 is 9.47 Å². The summed E-state index contributed by atoms with van der Waals surface area (Å²) in [7, 11) is 0.622. The predicted molar refractivity (Wildman–Crippen MR) is 105 cm³/mol. The maximum absolute atomic E-state index is 13.2. The van der Waals surface area contributed by atoms with E-state index >= 15 is 0 Å². The van der Waals surface area contributed by atoms with Crippen molar-refractivity contribution in [3.63, 3.8) is 0 Å². The first-order valence-electron chi connectivity index (χ1n) is 8.85. The maximum atomic E-state index is 13.2. The number of nitrogens with zero attached hydrogens (tertiary/aromatic N) is 1. The van der Waals surface area contributed by atoms with E-state index in [0.29, 0.717) is 28.2 Å². The molecule has 0 bridgehead atoms. The van der Waals surface area contributed by atoms with Crippen molar-refractivity contribution in [3.8, 4) is 11.5 Å². The molecule has 0 aromatic heterocycles. The average molecular weight is 407 g/mol. The number of hydrogen-bond acceptors (Lipinski definition) is 6. The van der Waals surface area contributed by atoms with Crippen molar-refractivity contribution in [2.75, 3.05) is 21.3 Å². The minimum absolute atomic E-state index is 0.187. The van der Waals surface area contributed by atoms with Gasteiger partial charge < -0.3 is 19.3 Å². The molecule has 28 heavy (non-hydrogen) atoms. The molecular formula is C20H25NO6S. The van der Waals surface area contributed by atoms with Crippen molar-refractivity contribution >= 4 is 10.0 Å². The van der Waals surface area contributed by atoms with Gasteiger partial charge in [0.15, 0.2) is 17.7 Å². The first-order chi connectivity index (χ1) is 13.3. The number of fused-ring (bicyclic) bond motifs is 1. The molecule has 0 fully saturated rings.